The maximum Gasteiger partial charge on any atom is 0.223 e. The maximum absolute atomic E-state index is 11.9. The van der Waals surface area contributed by atoms with Crippen LogP contribution < -0.4 is 10.6 Å². The Balaban J connectivity index is 2.14. The van der Waals surface area contributed by atoms with Gasteiger partial charge in [-0.25, -0.2) is 0 Å². The van der Waals surface area contributed by atoms with Crippen molar-refractivity contribution >= 4 is 5.91 Å². The van der Waals surface area contributed by atoms with E-state index in [-0.39, 0.29) is 25.0 Å². The topological polar surface area (TPSA) is 70.6 Å². The lowest BCUT2D eigenvalue weighted by Crippen LogP contribution is -2.44. The summed E-state index contributed by atoms with van der Waals surface area (Å²) < 4.78 is 5.34. The van der Waals surface area contributed by atoms with E-state index in [0.717, 1.165) is 19.4 Å². The molecule has 5 heteroatoms. The molecule has 0 aromatic carbocycles. The Morgan fingerprint density at radius 2 is 2.21 bits per heavy atom. The van der Waals surface area contributed by atoms with Crippen LogP contribution in [0.1, 0.15) is 33.6 Å². The largest absolute Gasteiger partial charge is 0.389 e. The highest BCUT2D eigenvalue weighted by Gasteiger charge is 2.24. The fourth-order valence-electron chi connectivity index (χ4n) is 2.23. The normalized spacial score (nSPS) is 25.3. The van der Waals surface area contributed by atoms with E-state index in [4.69, 9.17) is 4.74 Å². The van der Waals surface area contributed by atoms with E-state index < -0.39 is 6.10 Å². The molecule has 1 fully saturated rings. The molecule has 1 aliphatic rings. The molecule has 0 saturated carbocycles. The smallest absolute Gasteiger partial charge is 0.223 e. The molecule has 0 bridgehead atoms. The highest BCUT2D eigenvalue weighted by Crippen LogP contribution is 2.15. The van der Waals surface area contributed by atoms with Crippen LogP contribution in [0, 0.1) is 11.8 Å². The summed E-state index contributed by atoms with van der Waals surface area (Å²) in [5.74, 6) is 0.578. The first-order chi connectivity index (χ1) is 8.99. The van der Waals surface area contributed by atoms with Gasteiger partial charge in [0.25, 0.3) is 0 Å². The van der Waals surface area contributed by atoms with Crippen molar-refractivity contribution in [3.8, 4) is 0 Å². The molecule has 0 spiro atoms. The number of nitrogens with one attached hydrogen (secondary N) is 2. The van der Waals surface area contributed by atoms with Gasteiger partial charge in [-0.1, -0.05) is 13.8 Å². The Labute approximate surface area is 116 Å². The third-order valence-electron chi connectivity index (χ3n) is 3.27. The monoisotopic (exact) mass is 272 g/mol. The Kier molecular flexibility index (Phi) is 7.34. The first-order valence-electron chi connectivity index (χ1n) is 7.26. The summed E-state index contributed by atoms with van der Waals surface area (Å²) in [6.45, 7) is 8.29. The number of rotatable bonds is 7. The fraction of sp³-hybridized carbons (Fsp3) is 0.929. The van der Waals surface area contributed by atoms with Gasteiger partial charge in [-0.15, -0.1) is 0 Å². The summed E-state index contributed by atoms with van der Waals surface area (Å²) in [5, 5.41) is 15.8. The summed E-state index contributed by atoms with van der Waals surface area (Å²) >= 11 is 0. The van der Waals surface area contributed by atoms with E-state index in [1.54, 1.807) is 0 Å². The molecule has 1 unspecified atom stereocenters. The lowest BCUT2D eigenvalue weighted by Gasteiger charge is -2.27. The lowest BCUT2D eigenvalue weighted by molar-refractivity contribution is -0.126. The van der Waals surface area contributed by atoms with Crippen LogP contribution in [0.4, 0.5) is 0 Å². The molecule has 1 heterocycles. The van der Waals surface area contributed by atoms with Gasteiger partial charge in [0.2, 0.25) is 5.91 Å². The molecule has 0 aromatic heterocycles. The van der Waals surface area contributed by atoms with Gasteiger partial charge in [-0.3, -0.25) is 4.79 Å². The van der Waals surface area contributed by atoms with E-state index in [1.807, 2.05) is 0 Å². The van der Waals surface area contributed by atoms with Crippen LogP contribution in [0.3, 0.4) is 0 Å². The van der Waals surface area contributed by atoms with E-state index in [9.17, 15) is 9.90 Å². The molecule has 19 heavy (non-hydrogen) atoms. The first-order valence-corrected chi connectivity index (χ1v) is 7.26. The van der Waals surface area contributed by atoms with Gasteiger partial charge in [-0.05, 0) is 32.2 Å². The minimum Gasteiger partial charge on any atom is -0.389 e. The molecular weight excluding hydrogens is 244 g/mol. The summed E-state index contributed by atoms with van der Waals surface area (Å²) in [5.41, 5.74) is 0. The summed E-state index contributed by atoms with van der Waals surface area (Å²) in [4.78, 5) is 11.9. The predicted molar refractivity (Wildman–Crippen MR) is 74.9 cm³/mol. The van der Waals surface area contributed by atoms with Crippen LogP contribution in [0.25, 0.3) is 0 Å². The molecule has 5 nitrogen and oxygen atoms in total. The van der Waals surface area contributed by atoms with Crippen LogP contribution in [-0.4, -0.2) is 49.5 Å². The van der Waals surface area contributed by atoms with E-state index in [0.29, 0.717) is 18.6 Å². The SMILES string of the molecule is CC(C)COCC(O)CNC(=O)[C@H]1CCN[C@@H](C)C1. The molecular formula is C14H28N2O3. The van der Waals surface area contributed by atoms with Crippen molar-refractivity contribution in [2.24, 2.45) is 11.8 Å². The molecule has 1 saturated heterocycles. The van der Waals surface area contributed by atoms with Gasteiger partial charge in [0.05, 0.1) is 12.7 Å². The lowest BCUT2D eigenvalue weighted by atomic mass is 9.92. The number of amides is 1. The van der Waals surface area contributed by atoms with Gasteiger partial charge < -0.3 is 20.5 Å². The Bertz CT molecular complexity index is 271. The third kappa shape index (κ3) is 6.89. The molecule has 112 valence electrons. The van der Waals surface area contributed by atoms with Crippen molar-refractivity contribution in [1.29, 1.82) is 0 Å². The summed E-state index contributed by atoms with van der Waals surface area (Å²) in [6.07, 6.45) is 1.11. The van der Waals surface area contributed by atoms with Gasteiger partial charge in [0.1, 0.15) is 0 Å². The van der Waals surface area contributed by atoms with E-state index >= 15 is 0 Å². The van der Waals surface area contributed by atoms with Gasteiger partial charge in [0.15, 0.2) is 0 Å². The molecule has 1 rings (SSSR count). The van der Waals surface area contributed by atoms with Crippen LogP contribution in [-0.2, 0) is 9.53 Å². The third-order valence-corrected chi connectivity index (χ3v) is 3.27. The summed E-state index contributed by atoms with van der Waals surface area (Å²) in [7, 11) is 0. The Morgan fingerprint density at radius 3 is 2.84 bits per heavy atom. The van der Waals surface area contributed by atoms with Crippen LogP contribution in [0.15, 0.2) is 0 Å². The highest BCUT2D eigenvalue weighted by atomic mass is 16.5. The zero-order valence-corrected chi connectivity index (χ0v) is 12.3. The molecule has 0 aromatic rings. The summed E-state index contributed by atoms with van der Waals surface area (Å²) in [6, 6.07) is 0.392. The standard InChI is InChI=1S/C14H28N2O3/c1-10(2)8-19-9-13(17)7-16-14(18)12-4-5-15-11(3)6-12/h10-13,15,17H,4-9H2,1-3H3,(H,16,18)/t11-,12-,13?/m0/s1. The zero-order chi connectivity index (χ0) is 14.3. The molecule has 3 N–H and O–H groups in total. The number of aliphatic hydroxyl groups excluding tert-OH is 1. The predicted octanol–water partition coefficient (Wildman–Crippen LogP) is 0.524. The van der Waals surface area contributed by atoms with Crippen molar-refractivity contribution in [2.45, 2.75) is 45.8 Å². The van der Waals surface area contributed by atoms with E-state index in [1.165, 1.54) is 0 Å². The second-order valence-corrected chi connectivity index (χ2v) is 5.91. The first kappa shape index (κ1) is 16.4. The number of ether oxygens (including phenoxy) is 1. The molecule has 1 aliphatic heterocycles. The highest BCUT2D eigenvalue weighted by molar-refractivity contribution is 5.78. The number of hydrogen-bond acceptors (Lipinski definition) is 4. The van der Waals surface area contributed by atoms with Crippen LogP contribution in [0.2, 0.25) is 0 Å². The number of carbonyl (C=O) groups is 1. The molecule has 0 aliphatic carbocycles. The van der Waals surface area contributed by atoms with Crippen molar-refractivity contribution < 1.29 is 14.6 Å². The minimum atomic E-state index is -0.623. The number of aliphatic hydroxyl groups is 1. The maximum atomic E-state index is 11.9. The Hall–Kier alpha value is -0.650. The van der Waals surface area contributed by atoms with Gasteiger partial charge >= 0.3 is 0 Å². The second kappa shape index (κ2) is 8.51. The molecule has 1 amide bonds. The average Bonchev–Trinajstić information content (AvgIpc) is 2.35. The Morgan fingerprint density at radius 1 is 1.47 bits per heavy atom. The quantitative estimate of drug-likeness (QED) is 0.632. The van der Waals surface area contributed by atoms with Gasteiger partial charge in [0, 0.05) is 25.1 Å². The second-order valence-electron chi connectivity index (χ2n) is 5.91. The van der Waals surface area contributed by atoms with Crippen LogP contribution >= 0.6 is 0 Å². The van der Waals surface area contributed by atoms with Crippen molar-refractivity contribution in [1.82, 2.24) is 10.6 Å². The minimum absolute atomic E-state index is 0.0521. The van der Waals surface area contributed by atoms with Gasteiger partial charge in [-0.2, -0.15) is 0 Å². The van der Waals surface area contributed by atoms with E-state index in [2.05, 4.69) is 31.4 Å². The molecule has 0 radical (unpaired) electrons. The number of hydrogen-bond donors (Lipinski definition) is 3. The molecule has 3 atom stereocenters. The van der Waals surface area contributed by atoms with Crippen molar-refractivity contribution in [3.05, 3.63) is 0 Å². The van der Waals surface area contributed by atoms with Crippen LogP contribution in [0.5, 0.6) is 0 Å². The fourth-order valence-corrected chi connectivity index (χ4v) is 2.23. The van der Waals surface area contributed by atoms with Crippen molar-refractivity contribution in [3.63, 3.8) is 0 Å². The zero-order valence-electron chi connectivity index (χ0n) is 12.3. The van der Waals surface area contributed by atoms with Crippen molar-refractivity contribution in [2.75, 3.05) is 26.3 Å². The number of piperidine rings is 1. The average molecular weight is 272 g/mol. The number of carbonyl (C=O) groups excluding carboxylic acids is 1.